The molecule has 0 aromatic carbocycles. The van der Waals surface area contributed by atoms with Crippen LogP contribution in [0.5, 0.6) is 0 Å². The van der Waals surface area contributed by atoms with Crippen molar-refractivity contribution in [1.29, 1.82) is 0 Å². The Morgan fingerprint density at radius 1 is 1.25 bits per heavy atom. The van der Waals surface area contributed by atoms with E-state index in [1.165, 1.54) is 0 Å². The number of ether oxygens (including phenoxy) is 1. The second kappa shape index (κ2) is 6.11. The quantitative estimate of drug-likeness (QED) is 0.918. The molecule has 106 valence electrons. The fourth-order valence-electron chi connectivity index (χ4n) is 2.32. The van der Waals surface area contributed by atoms with Crippen molar-refractivity contribution in [3.63, 3.8) is 0 Å². The molecule has 1 N–H and O–H groups in total. The van der Waals surface area contributed by atoms with Gasteiger partial charge in [0, 0.05) is 37.2 Å². The molecule has 6 heteroatoms. The number of hydrogen-bond donors (Lipinski definition) is 1. The van der Waals surface area contributed by atoms with Crippen LogP contribution in [0.25, 0.3) is 11.4 Å². The number of rotatable bonds is 4. The molecule has 20 heavy (non-hydrogen) atoms. The van der Waals surface area contributed by atoms with Crippen LogP contribution in [-0.2, 0) is 4.74 Å². The van der Waals surface area contributed by atoms with E-state index in [1.54, 1.807) is 12.4 Å². The van der Waals surface area contributed by atoms with Crippen molar-refractivity contribution in [3.05, 3.63) is 30.4 Å². The Morgan fingerprint density at radius 2 is 2.00 bits per heavy atom. The summed E-state index contributed by atoms with van der Waals surface area (Å²) in [6.07, 6.45) is 5.48. The zero-order valence-corrected chi connectivity index (χ0v) is 11.5. The van der Waals surface area contributed by atoms with Gasteiger partial charge in [0.15, 0.2) is 0 Å². The third-order valence-electron chi connectivity index (χ3n) is 3.46. The van der Waals surface area contributed by atoms with Crippen LogP contribution in [0.1, 0.15) is 31.7 Å². The first-order chi connectivity index (χ1) is 9.83. The average molecular weight is 274 g/mol. The molecule has 1 atom stereocenters. The first-order valence-corrected chi connectivity index (χ1v) is 6.91. The molecule has 2 aromatic heterocycles. The highest BCUT2D eigenvalue weighted by Gasteiger charge is 2.20. The van der Waals surface area contributed by atoms with Crippen LogP contribution in [-0.4, -0.2) is 34.4 Å². The Hall–Kier alpha value is -1.79. The lowest BCUT2D eigenvalue weighted by atomic mass is 10.1. The van der Waals surface area contributed by atoms with Crippen LogP contribution in [0.15, 0.2) is 29.0 Å². The molecule has 6 nitrogen and oxygen atoms in total. The van der Waals surface area contributed by atoms with Gasteiger partial charge in [-0.05, 0) is 31.9 Å². The SMILES string of the molecule is C[C@@H](NC1CCOCC1)c1nc(-c2ccncc2)no1. The largest absolute Gasteiger partial charge is 0.381 e. The number of pyridine rings is 1. The van der Waals surface area contributed by atoms with E-state index >= 15 is 0 Å². The fourth-order valence-corrected chi connectivity index (χ4v) is 2.32. The predicted octanol–water partition coefficient (Wildman–Crippen LogP) is 1.96. The molecular formula is C14H18N4O2. The lowest BCUT2D eigenvalue weighted by Gasteiger charge is -2.25. The van der Waals surface area contributed by atoms with Gasteiger partial charge in [-0.1, -0.05) is 5.16 Å². The molecule has 1 aliphatic rings. The van der Waals surface area contributed by atoms with E-state index in [0.717, 1.165) is 31.6 Å². The van der Waals surface area contributed by atoms with Crippen LogP contribution in [0.3, 0.4) is 0 Å². The van der Waals surface area contributed by atoms with E-state index in [2.05, 4.69) is 20.4 Å². The number of nitrogens with zero attached hydrogens (tertiary/aromatic N) is 3. The normalized spacial score (nSPS) is 18.1. The number of nitrogens with one attached hydrogen (secondary N) is 1. The molecule has 1 aliphatic heterocycles. The zero-order valence-electron chi connectivity index (χ0n) is 11.5. The molecule has 0 radical (unpaired) electrons. The van der Waals surface area contributed by atoms with E-state index in [1.807, 2.05) is 19.1 Å². The predicted molar refractivity (Wildman–Crippen MR) is 72.9 cm³/mol. The van der Waals surface area contributed by atoms with Gasteiger partial charge in [0.25, 0.3) is 0 Å². The molecule has 3 rings (SSSR count). The summed E-state index contributed by atoms with van der Waals surface area (Å²) in [5.41, 5.74) is 0.910. The minimum Gasteiger partial charge on any atom is -0.381 e. The van der Waals surface area contributed by atoms with Gasteiger partial charge in [-0.2, -0.15) is 4.98 Å². The summed E-state index contributed by atoms with van der Waals surface area (Å²) >= 11 is 0. The second-order valence-corrected chi connectivity index (χ2v) is 4.97. The van der Waals surface area contributed by atoms with E-state index in [0.29, 0.717) is 17.8 Å². The van der Waals surface area contributed by atoms with Gasteiger partial charge in [-0.25, -0.2) is 0 Å². The van der Waals surface area contributed by atoms with Crippen LogP contribution in [0.4, 0.5) is 0 Å². The molecule has 0 amide bonds. The van der Waals surface area contributed by atoms with Gasteiger partial charge in [0.2, 0.25) is 11.7 Å². The third-order valence-corrected chi connectivity index (χ3v) is 3.46. The summed E-state index contributed by atoms with van der Waals surface area (Å²) in [7, 11) is 0. The van der Waals surface area contributed by atoms with Crippen molar-refractivity contribution >= 4 is 0 Å². The fraction of sp³-hybridized carbons (Fsp3) is 0.500. The highest BCUT2D eigenvalue weighted by molar-refractivity contribution is 5.52. The van der Waals surface area contributed by atoms with Gasteiger partial charge < -0.3 is 14.6 Å². The van der Waals surface area contributed by atoms with Crippen LogP contribution in [0, 0.1) is 0 Å². The highest BCUT2D eigenvalue weighted by Crippen LogP contribution is 2.19. The van der Waals surface area contributed by atoms with Crippen LogP contribution < -0.4 is 5.32 Å². The Kier molecular flexibility index (Phi) is 4.03. The molecule has 0 saturated carbocycles. The van der Waals surface area contributed by atoms with Crippen molar-refractivity contribution < 1.29 is 9.26 Å². The molecule has 0 aliphatic carbocycles. The Morgan fingerprint density at radius 3 is 2.75 bits per heavy atom. The van der Waals surface area contributed by atoms with Crippen molar-refractivity contribution in [3.8, 4) is 11.4 Å². The Balaban J connectivity index is 1.66. The summed E-state index contributed by atoms with van der Waals surface area (Å²) in [6.45, 7) is 3.67. The second-order valence-electron chi connectivity index (χ2n) is 4.97. The standard InChI is InChI=1S/C14H18N4O2/c1-10(16-12-4-8-19-9-5-12)14-17-13(18-20-14)11-2-6-15-7-3-11/h2-3,6-7,10,12,16H,4-5,8-9H2,1H3/t10-/m1/s1. The van der Waals surface area contributed by atoms with E-state index in [9.17, 15) is 0 Å². The molecule has 0 spiro atoms. The molecule has 2 aromatic rings. The zero-order chi connectivity index (χ0) is 13.8. The van der Waals surface area contributed by atoms with Gasteiger partial charge in [0.05, 0.1) is 6.04 Å². The monoisotopic (exact) mass is 274 g/mol. The summed E-state index contributed by atoms with van der Waals surface area (Å²) in [4.78, 5) is 8.43. The van der Waals surface area contributed by atoms with Crippen molar-refractivity contribution in [2.75, 3.05) is 13.2 Å². The molecule has 1 saturated heterocycles. The molecule has 3 heterocycles. The molecule has 0 unspecified atom stereocenters. The first-order valence-electron chi connectivity index (χ1n) is 6.91. The topological polar surface area (TPSA) is 73.1 Å². The Labute approximate surface area is 117 Å². The van der Waals surface area contributed by atoms with Gasteiger partial charge in [0.1, 0.15) is 0 Å². The highest BCUT2D eigenvalue weighted by atomic mass is 16.5. The smallest absolute Gasteiger partial charge is 0.243 e. The van der Waals surface area contributed by atoms with E-state index in [4.69, 9.17) is 9.26 Å². The van der Waals surface area contributed by atoms with Crippen molar-refractivity contribution in [2.45, 2.75) is 31.8 Å². The summed E-state index contributed by atoms with van der Waals surface area (Å²) in [6, 6.07) is 4.23. The van der Waals surface area contributed by atoms with Crippen molar-refractivity contribution in [1.82, 2.24) is 20.4 Å². The van der Waals surface area contributed by atoms with E-state index in [-0.39, 0.29) is 6.04 Å². The minimum absolute atomic E-state index is 0.0428. The average Bonchev–Trinajstić information content (AvgIpc) is 2.99. The lowest BCUT2D eigenvalue weighted by Crippen LogP contribution is -2.36. The number of hydrogen-bond acceptors (Lipinski definition) is 6. The third kappa shape index (κ3) is 3.02. The Bertz CT molecular complexity index is 537. The summed E-state index contributed by atoms with van der Waals surface area (Å²) < 4.78 is 10.7. The first kappa shape index (κ1) is 13.2. The molecule has 1 fully saturated rings. The molecular weight excluding hydrogens is 256 g/mol. The van der Waals surface area contributed by atoms with Crippen LogP contribution >= 0.6 is 0 Å². The lowest BCUT2D eigenvalue weighted by molar-refractivity contribution is 0.0742. The van der Waals surface area contributed by atoms with Gasteiger partial charge >= 0.3 is 0 Å². The number of aromatic nitrogens is 3. The van der Waals surface area contributed by atoms with Crippen LogP contribution in [0.2, 0.25) is 0 Å². The maximum absolute atomic E-state index is 5.35. The summed E-state index contributed by atoms with van der Waals surface area (Å²) in [5.74, 6) is 1.21. The minimum atomic E-state index is 0.0428. The molecule has 0 bridgehead atoms. The van der Waals surface area contributed by atoms with E-state index < -0.39 is 0 Å². The van der Waals surface area contributed by atoms with Crippen molar-refractivity contribution in [2.24, 2.45) is 0 Å². The maximum Gasteiger partial charge on any atom is 0.243 e. The maximum atomic E-state index is 5.35. The summed E-state index contributed by atoms with van der Waals surface area (Å²) in [5, 5.41) is 7.53. The van der Waals surface area contributed by atoms with Gasteiger partial charge in [-0.3, -0.25) is 4.98 Å². The van der Waals surface area contributed by atoms with Gasteiger partial charge in [-0.15, -0.1) is 0 Å².